The first-order valence-corrected chi connectivity index (χ1v) is 8.37. The maximum atomic E-state index is 12.7. The standard InChI is InChI=1S/C19H20N4O2/c1-22-17-11-20-9-7-16(17)21-18(22)14-8-10-23(12-14)19(24)13-3-5-15(25-2)6-4-13/h3-7,9,11,14H,8,10,12H2,1-2H3/t14-/m0/s1. The summed E-state index contributed by atoms with van der Waals surface area (Å²) in [6.07, 6.45) is 4.51. The van der Waals surface area contributed by atoms with Crippen LogP contribution in [0.3, 0.4) is 0 Å². The zero-order valence-electron chi connectivity index (χ0n) is 14.3. The van der Waals surface area contributed by atoms with E-state index in [1.807, 2.05) is 48.5 Å². The maximum Gasteiger partial charge on any atom is 0.253 e. The van der Waals surface area contributed by atoms with Crippen molar-refractivity contribution in [2.24, 2.45) is 7.05 Å². The molecule has 0 bridgehead atoms. The predicted octanol–water partition coefficient (Wildman–Crippen LogP) is 2.61. The minimum atomic E-state index is 0.0607. The van der Waals surface area contributed by atoms with E-state index in [2.05, 4.69) is 9.55 Å². The summed E-state index contributed by atoms with van der Waals surface area (Å²) in [5.41, 5.74) is 2.67. The molecule has 6 nitrogen and oxygen atoms in total. The zero-order valence-corrected chi connectivity index (χ0v) is 14.3. The molecule has 3 aromatic rings. The van der Waals surface area contributed by atoms with Crippen molar-refractivity contribution in [2.45, 2.75) is 12.3 Å². The van der Waals surface area contributed by atoms with Crippen molar-refractivity contribution < 1.29 is 9.53 Å². The van der Waals surface area contributed by atoms with E-state index in [1.165, 1.54) is 0 Å². The summed E-state index contributed by atoms with van der Waals surface area (Å²) in [4.78, 5) is 23.6. The van der Waals surface area contributed by atoms with Crippen LogP contribution in [-0.4, -0.2) is 45.5 Å². The first kappa shape index (κ1) is 15.6. The quantitative estimate of drug-likeness (QED) is 0.738. The van der Waals surface area contributed by atoms with Crippen molar-refractivity contribution in [1.82, 2.24) is 19.4 Å². The van der Waals surface area contributed by atoms with Gasteiger partial charge in [-0.15, -0.1) is 0 Å². The topological polar surface area (TPSA) is 60.2 Å². The van der Waals surface area contributed by atoms with Gasteiger partial charge in [0.05, 0.1) is 24.3 Å². The van der Waals surface area contributed by atoms with Crippen LogP contribution < -0.4 is 4.74 Å². The molecule has 0 radical (unpaired) electrons. The van der Waals surface area contributed by atoms with Crippen molar-refractivity contribution in [1.29, 1.82) is 0 Å². The summed E-state index contributed by atoms with van der Waals surface area (Å²) < 4.78 is 7.24. The lowest BCUT2D eigenvalue weighted by atomic mass is 10.1. The second kappa shape index (κ2) is 6.20. The Bertz CT molecular complexity index is 917. The third-order valence-corrected chi connectivity index (χ3v) is 4.90. The van der Waals surface area contributed by atoms with E-state index < -0.39 is 0 Å². The molecule has 6 heteroatoms. The summed E-state index contributed by atoms with van der Waals surface area (Å²) in [7, 11) is 3.63. The molecule has 1 atom stereocenters. The number of methoxy groups -OCH3 is 1. The van der Waals surface area contributed by atoms with E-state index in [-0.39, 0.29) is 11.8 Å². The molecule has 1 aliphatic rings. The van der Waals surface area contributed by atoms with Gasteiger partial charge in [-0.2, -0.15) is 0 Å². The zero-order chi connectivity index (χ0) is 17.4. The van der Waals surface area contributed by atoms with Gasteiger partial charge in [0.15, 0.2) is 0 Å². The molecule has 25 heavy (non-hydrogen) atoms. The molecule has 4 rings (SSSR count). The lowest BCUT2D eigenvalue weighted by molar-refractivity contribution is 0.0790. The fourth-order valence-electron chi connectivity index (χ4n) is 3.49. The number of amides is 1. The van der Waals surface area contributed by atoms with Gasteiger partial charge in [-0.05, 0) is 36.8 Å². The number of carbonyl (C=O) groups is 1. The van der Waals surface area contributed by atoms with Gasteiger partial charge in [-0.25, -0.2) is 4.98 Å². The molecule has 1 aromatic carbocycles. The second-order valence-corrected chi connectivity index (χ2v) is 6.36. The number of carbonyl (C=O) groups excluding carboxylic acids is 1. The summed E-state index contributed by atoms with van der Waals surface area (Å²) in [6, 6.07) is 9.19. The van der Waals surface area contributed by atoms with Gasteiger partial charge in [-0.1, -0.05) is 0 Å². The van der Waals surface area contributed by atoms with Gasteiger partial charge in [0, 0.05) is 37.8 Å². The molecule has 1 amide bonds. The van der Waals surface area contributed by atoms with Crippen molar-refractivity contribution in [3.8, 4) is 5.75 Å². The predicted molar refractivity (Wildman–Crippen MR) is 94.8 cm³/mol. The van der Waals surface area contributed by atoms with Gasteiger partial charge >= 0.3 is 0 Å². The fraction of sp³-hybridized carbons (Fsp3) is 0.316. The maximum absolute atomic E-state index is 12.7. The molecule has 0 unspecified atom stereocenters. The molecule has 128 valence electrons. The van der Waals surface area contributed by atoms with Gasteiger partial charge in [0.1, 0.15) is 11.6 Å². The number of hydrogen-bond acceptors (Lipinski definition) is 4. The first-order valence-electron chi connectivity index (χ1n) is 8.37. The average Bonchev–Trinajstić information content (AvgIpc) is 3.27. The lowest BCUT2D eigenvalue weighted by Gasteiger charge is -2.17. The molecule has 1 aliphatic heterocycles. The van der Waals surface area contributed by atoms with Crippen molar-refractivity contribution in [3.63, 3.8) is 0 Å². The van der Waals surface area contributed by atoms with Crippen molar-refractivity contribution in [2.75, 3.05) is 20.2 Å². The van der Waals surface area contributed by atoms with Crippen LogP contribution in [0.15, 0.2) is 42.7 Å². The van der Waals surface area contributed by atoms with Crippen LogP contribution in [-0.2, 0) is 7.05 Å². The van der Waals surface area contributed by atoms with E-state index >= 15 is 0 Å². The van der Waals surface area contributed by atoms with Crippen molar-refractivity contribution in [3.05, 3.63) is 54.1 Å². The summed E-state index contributed by atoms with van der Waals surface area (Å²) >= 11 is 0. The Hall–Kier alpha value is -2.89. The molecule has 1 fully saturated rings. The van der Waals surface area contributed by atoms with Gasteiger partial charge < -0.3 is 14.2 Å². The third-order valence-electron chi connectivity index (χ3n) is 4.90. The van der Waals surface area contributed by atoms with Crippen LogP contribution in [0.1, 0.15) is 28.5 Å². The number of fused-ring (bicyclic) bond motifs is 1. The number of ether oxygens (including phenoxy) is 1. The van der Waals surface area contributed by atoms with Crippen molar-refractivity contribution >= 4 is 16.9 Å². The Morgan fingerprint density at radius 3 is 2.76 bits per heavy atom. The minimum absolute atomic E-state index is 0.0607. The van der Waals surface area contributed by atoms with Gasteiger partial charge in [0.25, 0.3) is 5.91 Å². The molecule has 1 saturated heterocycles. The Balaban J connectivity index is 1.53. The van der Waals surface area contributed by atoms with E-state index in [0.717, 1.165) is 35.6 Å². The Morgan fingerprint density at radius 2 is 2.04 bits per heavy atom. The smallest absolute Gasteiger partial charge is 0.253 e. The van der Waals surface area contributed by atoms with E-state index in [4.69, 9.17) is 9.72 Å². The number of pyridine rings is 1. The Kier molecular flexibility index (Phi) is 3.87. The lowest BCUT2D eigenvalue weighted by Crippen LogP contribution is -2.28. The van der Waals surface area contributed by atoms with Crippen LogP contribution >= 0.6 is 0 Å². The highest BCUT2D eigenvalue weighted by atomic mass is 16.5. The van der Waals surface area contributed by atoms with Crippen LogP contribution in [0.4, 0.5) is 0 Å². The summed E-state index contributed by atoms with van der Waals surface area (Å²) in [6.45, 7) is 1.44. The molecule has 2 aromatic heterocycles. The second-order valence-electron chi connectivity index (χ2n) is 6.36. The van der Waals surface area contributed by atoms with Crippen LogP contribution in [0, 0.1) is 0 Å². The SMILES string of the molecule is COc1ccc(C(=O)N2CC[C@H](c3nc4ccncc4n3C)C2)cc1. The normalized spacial score (nSPS) is 17.2. The number of hydrogen-bond donors (Lipinski definition) is 0. The van der Waals surface area contributed by atoms with Gasteiger partial charge in [0.2, 0.25) is 0 Å². The monoisotopic (exact) mass is 336 g/mol. The number of imidazole rings is 1. The number of aromatic nitrogens is 3. The number of aryl methyl sites for hydroxylation is 1. The number of nitrogens with zero attached hydrogens (tertiary/aromatic N) is 4. The Morgan fingerprint density at radius 1 is 1.24 bits per heavy atom. The third kappa shape index (κ3) is 2.73. The number of benzene rings is 1. The molecular formula is C19H20N4O2. The molecular weight excluding hydrogens is 316 g/mol. The van der Waals surface area contributed by atoms with E-state index in [0.29, 0.717) is 12.1 Å². The largest absolute Gasteiger partial charge is 0.497 e. The highest BCUT2D eigenvalue weighted by Gasteiger charge is 2.30. The minimum Gasteiger partial charge on any atom is -0.497 e. The highest BCUT2D eigenvalue weighted by molar-refractivity contribution is 5.94. The molecule has 0 aliphatic carbocycles. The Labute approximate surface area is 146 Å². The first-order chi connectivity index (χ1) is 12.2. The van der Waals surface area contributed by atoms with Gasteiger partial charge in [-0.3, -0.25) is 9.78 Å². The van der Waals surface area contributed by atoms with Crippen LogP contribution in [0.2, 0.25) is 0 Å². The van der Waals surface area contributed by atoms with Crippen LogP contribution in [0.5, 0.6) is 5.75 Å². The molecule has 3 heterocycles. The molecule has 0 spiro atoms. The van der Waals surface area contributed by atoms with Crippen LogP contribution in [0.25, 0.3) is 11.0 Å². The average molecular weight is 336 g/mol. The molecule has 0 N–H and O–H groups in total. The number of rotatable bonds is 3. The molecule has 0 saturated carbocycles. The van der Waals surface area contributed by atoms with E-state index in [9.17, 15) is 4.79 Å². The highest BCUT2D eigenvalue weighted by Crippen LogP contribution is 2.29. The summed E-state index contributed by atoms with van der Waals surface area (Å²) in [5.74, 6) is 2.09. The number of likely N-dealkylation sites (tertiary alicyclic amines) is 1. The summed E-state index contributed by atoms with van der Waals surface area (Å²) in [5, 5.41) is 0. The fourth-order valence-corrected chi connectivity index (χ4v) is 3.49. The van der Waals surface area contributed by atoms with E-state index in [1.54, 1.807) is 13.3 Å².